The van der Waals surface area contributed by atoms with E-state index in [0.717, 1.165) is 5.56 Å². The number of hydrogen-bond donors (Lipinski definition) is 2. The highest BCUT2D eigenvalue weighted by Crippen LogP contribution is 2.31. The van der Waals surface area contributed by atoms with E-state index in [1.54, 1.807) is 36.4 Å². The van der Waals surface area contributed by atoms with E-state index in [9.17, 15) is 9.59 Å². The molecule has 0 aliphatic carbocycles. The molecule has 0 radical (unpaired) electrons. The predicted octanol–water partition coefficient (Wildman–Crippen LogP) is 3.89. The number of carbonyl (C=O) groups is 2. The van der Waals surface area contributed by atoms with Gasteiger partial charge in [0.1, 0.15) is 12.2 Å². The standard InChI is InChI=1S/C20H16Cl2N2O4S/c1-2-27-16-6-3-11(7-14-18(25)23-20(29)24-19(14)26)8-17(16)28-10-12-4-5-13(21)9-15(12)22/h3-9H,2,10H2,1H3,(H2,23,24,25,26,29). The van der Waals surface area contributed by atoms with Crippen LogP contribution in [0.25, 0.3) is 6.08 Å². The van der Waals surface area contributed by atoms with Gasteiger partial charge in [-0.2, -0.15) is 0 Å². The van der Waals surface area contributed by atoms with Gasteiger partial charge in [-0.15, -0.1) is 0 Å². The van der Waals surface area contributed by atoms with E-state index in [1.165, 1.54) is 6.08 Å². The summed E-state index contributed by atoms with van der Waals surface area (Å²) in [5, 5.41) is 5.79. The number of halogens is 2. The number of carbonyl (C=O) groups excluding carboxylic acids is 2. The van der Waals surface area contributed by atoms with Crippen LogP contribution in [0, 0.1) is 0 Å². The van der Waals surface area contributed by atoms with Crippen LogP contribution < -0.4 is 20.1 Å². The van der Waals surface area contributed by atoms with Crippen molar-refractivity contribution < 1.29 is 19.1 Å². The van der Waals surface area contributed by atoms with Crippen LogP contribution in [0.5, 0.6) is 11.5 Å². The van der Waals surface area contributed by atoms with Gasteiger partial charge in [0, 0.05) is 15.6 Å². The van der Waals surface area contributed by atoms with Gasteiger partial charge in [-0.1, -0.05) is 35.3 Å². The molecule has 2 N–H and O–H groups in total. The molecular formula is C20H16Cl2N2O4S. The van der Waals surface area contributed by atoms with Crippen LogP contribution >= 0.6 is 35.4 Å². The van der Waals surface area contributed by atoms with Crippen molar-refractivity contribution in [1.29, 1.82) is 0 Å². The van der Waals surface area contributed by atoms with Crippen molar-refractivity contribution in [2.24, 2.45) is 0 Å². The Kier molecular flexibility index (Phi) is 6.74. The van der Waals surface area contributed by atoms with Crippen LogP contribution in [0.2, 0.25) is 10.0 Å². The van der Waals surface area contributed by atoms with Crippen LogP contribution in [0.4, 0.5) is 0 Å². The summed E-state index contributed by atoms with van der Waals surface area (Å²) in [5.74, 6) is -0.163. The van der Waals surface area contributed by atoms with Gasteiger partial charge in [-0.25, -0.2) is 0 Å². The molecular weight excluding hydrogens is 435 g/mol. The zero-order chi connectivity index (χ0) is 21.0. The van der Waals surface area contributed by atoms with Gasteiger partial charge in [0.15, 0.2) is 16.6 Å². The van der Waals surface area contributed by atoms with Crippen LogP contribution in [-0.4, -0.2) is 23.5 Å². The van der Waals surface area contributed by atoms with Gasteiger partial charge in [0.2, 0.25) is 0 Å². The topological polar surface area (TPSA) is 76.7 Å². The summed E-state index contributed by atoms with van der Waals surface area (Å²) in [6, 6.07) is 10.2. The molecule has 1 aliphatic rings. The Balaban J connectivity index is 1.87. The molecule has 0 unspecified atom stereocenters. The van der Waals surface area contributed by atoms with E-state index in [2.05, 4.69) is 10.6 Å². The number of amides is 2. The molecule has 0 spiro atoms. The van der Waals surface area contributed by atoms with Crippen molar-refractivity contribution in [3.8, 4) is 11.5 Å². The second-order valence-electron chi connectivity index (χ2n) is 5.96. The van der Waals surface area contributed by atoms with Crippen LogP contribution in [0.3, 0.4) is 0 Å². The monoisotopic (exact) mass is 450 g/mol. The van der Waals surface area contributed by atoms with Gasteiger partial charge in [0.05, 0.1) is 6.61 Å². The lowest BCUT2D eigenvalue weighted by molar-refractivity contribution is -0.123. The Morgan fingerprint density at radius 1 is 1.00 bits per heavy atom. The van der Waals surface area contributed by atoms with Crippen molar-refractivity contribution in [1.82, 2.24) is 10.6 Å². The minimum Gasteiger partial charge on any atom is -0.490 e. The van der Waals surface area contributed by atoms with Crippen molar-refractivity contribution in [3.63, 3.8) is 0 Å². The lowest BCUT2D eigenvalue weighted by Gasteiger charge is -2.17. The molecule has 29 heavy (non-hydrogen) atoms. The van der Waals surface area contributed by atoms with Gasteiger partial charge >= 0.3 is 0 Å². The highest BCUT2D eigenvalue weighted by Gasteiger charge is 2.25. The third-order valence-electron chi connectivity index (χ3n) is 3.92. The first kappa shape index (κ1) is 21.1. The maximum Gasteiger partial charge on any atom is 0.263 e. The highest BCUT2D eigenvalue weighted by atomic mass is 35.5. The average molecular weight is 451 g/mol. The molecule has 3 rings (SSSR count). The van der Waals surface area contributed by atoms with E-state index < -0.39 is 11.8 Å². The molecule has 9 heteroatoms. The second-order valence-corrected chi connectivity index (χ2v) is 7.21. The Morgan fingerprint density at radius 3 is 2.38 bits per heavy atom. The third kappa shape index (κ3) is 5.26. The normalized spacial score (nSPS) is 13.6. The second kappa shape index (κ2) is 9.26. The van der Waals surface area contributed by atoms with Gasteiger partial charge in [-0.05, 0) is 55.0 Å². The Bertz CT molecular complexity index is 1000. The molecule has 0 saturated carbocycles. The fraction of sp³-hybridized carbons (Fsp3) is 0.150. The van der Waals surface area contributed by atoms with Crippen molar-refractivity contribution >= 4 is 58.4 Å². The summed E-state index contributed by atoms with van der Waals surface area (Å²) in [4.78, 5) is 24.1. The molecule has 150 valence electrons. The molecule has 2 amide bonds. The van der Waals surface area contributed by atoms with E-state index in [-0.39, 0.29) is 17.3 Å². The number of nitrogens with one attached hydrogen (secondary N) is 2. The minimum absolute atomic E-state index is 0.0206. The zero-order valence-corrected chi connectivity index (χ0v) is 17.6. The van der Waals surface area contributed by atoms with E-state index >= 15 is 0 Å². The maximum absolute atomic E-state index is 12.0. The van der Waals surface area contributed by atoms with Gasteiger partial charge < -0.3 is 9.47 Å². The molecule has 1 saturated heterocycles. The summed E-state index contributed by atoms with van der Waals surface area (Å²) < 4.78 is 11.5. The van der Waals surface area contributed by atoms with Crippen molar-refractivity contribution in [3.05, 3.63) is 63.1 Å². The molecule has 1 fully saturated rings. The molecule has 1 aliphatic heterocycles. The lowest BCUT2D eigenvalue weighted by Crippen LogP contribution is -2.51. The molecule has 0 aromatic heterocycles. The summed E-state index contributed by atoms with van der Waals surface area (Å²) in [6.07, 6.45) is 1.45. The highest BCUT2D eigenvalue weighted by molar-refractivity contribution is 7.80. The summed E-state index contributed by atoms with van der Waals surface area (Å²) >= 11 is 16.9. The van der Waals surface area contributed by atoms with Crippen LogP contribution in [0.1, 0.15) is 18.1 Å². The van der Waals surface area contributed by atoms with E-state index in [0.29, 0.717) is 33.7 Å². The zero-order valence-electron chi connectivity index (χ0n) is 15.3. The first-order valence-corrected chi connectivity index (χ1v) is 9.75. The quantitative estimate of drug-likeness (QED) is 0.396. The largest absolute Gasteiger partial charge is 0.490 e. The third-order valence-corrected chi connectivity index (χ3v) is 4.71. The average Bonchev–Trinajstić information content (AvgIpc) is 2.65. The lowest BCUT2D eigenvalue weighted by atomic mass is 10.1. The number of thiocarbonyl (C=S) groups is 1. The molecule has 1 heterocycles. The maximum atomic E-state index is 12.0. The Labute approximate surface area is 182 Å². The Morgan fingerprint density at radius 2 is 1.72 bits per heavy atom. The number of hydrogen-bond acceptors (Lipinski definition) is 5. The molecule has 0 bridgehead atoms. The molecule has 6 nitrogen and oxygen atoms in total. The van der Waals surface area contributed by atoms with Gasteiger partial charge in [-0.3, -0.25) is 20.2 Å². The number of rotatable bonds is 6. The van der Waals surface area contributed by atoms with Crippen molar-refractivity contribution in [2.75, 3.05) is 6.61 Å². The van der Waals surface area contributed by atoms with Crippen molar-refractivity contribution in [2.45, 2.75) is 13.5 Å². The summed E-state index contributed by atoms with van der Waals surface area (Å²) in [5.41, 5.74) is 1.27. The van der Waals surface area contributed by atoms with E-state index in [4.69, 9.17) is 44.9 Å². The number of benzene rings is 2. The fourth-order valence-corrected chi connectivity index (χ4v) is 3.22. The Hall–Kier alpha value is -2.61. The first-order valence-electron chi connectivity index (χ1n) is 8.59. The summed E-state index contributed by atoms with van der Waals surface area (Å²) in [7, 11) is 0. The smallest absolute Gasteiger partial charge is 0.263 e. The minimum atomic E-state index is -0.567. The summed E-state index contributed by atoms with van der Waals surface area (Å²) in [6.45, 7) is 2.49. The SMILES string of the molecule is CCOc1ccc(C=C2C(=O)NC(=S)NC2=O)cc1OCc1ccc(Cl)cc1Cl. The molecule has 2 aromatic carbocycles. The first-order chi connectivity index (χ1) is 13.9. The van der Waals surface area contributed by atoms with E-state index in [1.807, 2.05) is 6.92 Å². The molecule has 0 atom stereocenters. The van der Waals surface area contributed by atoms with Crippen LogP contribution in [-0.2, 0) is 16.2 Å². The molecule has 2 aromatic rings. The number of ether oxygens (including phenoxy) is 2. The van der Waals surface area contributed by atoms with Gasteiger partial charge in [0.25, 0.3) is 11.8 Å². The van der Waals surface area contributed by atoms with Crippen LogP contribution in [0.15, 0.2) is 42.0 Å². The predicted molar refractivity (Wildman–Crippen MR) is 115 cm³/mol. The fourth-order valence-electron chi connectivity index (χ4n) is 2.57.